The van der Waals surface area contributed by atoms with Gasteiger partial charge in [-0.2, -0.15) is 0 Å². The topological polar surface area (TPSA) is 38.8 Å². The van der Waals surface area contributed by atoms with E-state index in [2.05, 4.69) is 12.1 Å². The number of fused-ring (bicyclic) bond motifs is 1. The van der Waals surface area contributed by atoms with Crippen molar-refractivity contribution in [1.29, 1.82) is 0 Å². The highest BCUT2D eigenvalue weighted by atomic mass is 16.7. The minimum Gasteiger partial charge on any atom is -0.460 e. The number of carbonyl (C=O) groups is 1. The van der Waals surface area contributed by atoms with E-state index in [4.69, 9.17) is 9.47 Å². The summed E-state index contributed by atoms with van der Waals surface area (Å²) in [6.07, 6.45) is 9.65. The van der Waals surface area contributed by atoms with E-state index in [1.54, 1.807) is 0 Å². The number of hydrogen-bond acceptors (Lipinski definition) is 3. The number of esters is 1. The van der Waals surface area contributed by atoms with Gasteiger partial charge in [0.15, 0.2) is 5.60 Å². The van der Waals surface area contributed by atoms with Gasteiger partial charge in [0, 0.05) is 0 Å². The fourth-order valence-corrected chi connectivity index (χ4v) is 4.41. The molecule has 22 heavy (non-hydrogen) atoms. The molecule has 2 atom stereocenters. The first-order valence-corrected chi connectivity index (χ1v) is 8.74. The van der Waals surface area contributed by atoms with Crippen LogP contribution in [0.25, 0.3) is 0 Å². The van der Waals surface area contributed by atoms with Gasteiger partial charge in [-0.3, -0.25) is 0 Å². The van der Waals surface area contributed by atoms with Crippen molar-refractivity contribution < 1.29 is 14.3 Å². The quantitative estimate of drug-likeness (QED) is 0.623. The highest BCUT2D eigenvalue weighted by molar-refractivity contribution is 5.86. The molecule has 0 aromatic heterocycles. The van der Waals surface area contributed by atoms with Crippen LogP contribution >= 0.6 is 0 Å². The Bertz CT molecular complexity index is 549. The molecule has 0 N–H and O–H groups in total. The fourth-order valence-electron chi connectivity index (χ4n) is 4.41. The Labute approximate surface area is 132 Å². The molecule has 0 spiro atoms. The van der Waals surface area contributed by atoms with Gasteiger partial charge < -0.3 is 9.47 Å². The number of ether oxygens (including phenoxy) is 2. The number of epoxide rings is 1. The Morgan fingerprint density at radius 2 is 1.73 bits per heavy atom. The zero-order valence-corrected chi connectivity index (χ0v) is 13.1. The van der Waals surface area contributed by atoms with Crippen molar-refractivity contribution in [3.63, 3.8) is 0 Å². The van der Waals surface area contributed by atoms with Crippen LogP contribution in [0, 0.1) is 0 Å². The zero-order valence-electron chi connectivity index (χ0n) is 13.1. The molecule has 2 unspecified atom stereocenters. The molecule has 1 heterocycles. The molecular weight excluding hydrogens is 276 g/mol. The van der Waals surface area contributed by atoms with E-state index < -0.39 is 11.2 Å². The molecule has 1 aromatic rings. The lowest BCUT2D eigenvalue weighted by Gasteiger charge is -2.27. The van der Waals surface area contributed by atoms with Crippen LogP contribution in [-0.2, 0) is 19.9 Å². The lowest BCUT2D eigenvalue weighted by atomic mass is 9.75. The Hall–Kier alpha value is -1.35. The second-order valence-electron chi connectivity index (χ2n) is 6.99. The standard InChI is InChI=1S/C19H24O3/c20-17(21-16-11-5-2-6-12-16)19-14-8-7-13-18(19,22-19)15-9-3-1-4-10-15/h1,3-4,9-10,16H,2,5-8,11-14H2. The maximum Gasteiger partial charge on any atom is 0.342 e. The van der Waals surface area contributed by atoms with Crippen molar-refractivity contribution in [2.24, 2.45) is 0 Å². The molecule has 1 saturated heterocycles. The van der Waals surface area contributed by atoms with Gasteiger partial charge in [-0.15, -0.1) is 0 Å². The van der Waals surface area contributed by atoms with E-state index in [1.165, 1.54) is 19.3 Å². The van der Waals surface area contributed by atoms with Gasteiger partial charge in [-0.1, -0.05) is 36.8 Å². The smallest absolute Gasteiger partial charge is 0.342 e. The first kappa shape index (κ1) is 14.3. The highest BCUT2D eigenvalue weighted by Gasteiger charge is 2.76. The minimum atomic E-state index is -0.704. The molecule has 2 aliphatic carbocycles. The lowest BCUT2D eigenvalue weighted by molar-refractivity contribution is -0.157. The molecule has 4 rings (SSSR count). The molecule has 1 aromatic carbocycles. The third kappa shape index (κ3) is 2.10. The second kappa shape index (κ2) is 5.38. The van der Waals surface area contributed by atoms with Crippen LogP contribution in [0.15, 0.2) is 30.3 Å². The van der Waals surface area contributed by atoms with Crippen LogP contribution in [0.4, 0.5) is 0 Å². The molecule has 118 valence electrons. The summed E-state index contributed by atoms with van der Waals surface area (Å²) >= 11 is 0. The SMILES string of the molecule is O=C(OC1CCCCC1)C12CCCCC1(c1ccccc1)O2. The van der Waals surface area contributed by atoms with E-state index in [-0.39, 0.29) is 12.1 Å². The first-order chi connectivity index (χ1) is 10.8. The predicted molar refractivity (Wildman–Crippen MR) is 83.4 cm³/mol. The van der Waals surface area contributed by atoms with Crippen LogP contribution in [0.1, 0.15) is 63.4 Å². The monoisotopic (exact) mass is 300 g/mol. The molecule has 1 aliphatic heterocycles. The van der Waals surface area contributed by atoms with Crippen molar-refractivity contribution in [2.75, 3.05) is 0 Å². The van der Waals surface area contributed by atoms with Gasteiger partial charge in [-0.05, 0) is 56.9 Å². The Balaban J connectivity index is 1.55. The van der Waals surface area contributed by atoms with Crippen LogP contribution in [0.3, 0.4) is 0 Å². The lowest BCUT2D eigenvalue weighted by Crippen LogP contribution is -2.39. The fraction of sp³-hybridized carbons (Fsp3) is 0.632. The summed E-state index contributed by atoms with van der Waals surface area (Å²) < 4.78 is 12.0. The Kier molecular flexibility index (Phi) is 3.48. The third-order valence-electron chi connectivity index (χ3n) is 5.66. The molecule has 0 bridgehead atoms. The molecule has 3 nitrogen and oxygen atoms in total. The van der Waals surface area contributed by atoms with E-state index in [0.29, 0.717) is 0 Å². The Morgan fingerprint density at radius 3 is 2.50 bits per heavy atom. The van der Waals surface area contributed by atoms with Crippen LogP contribution in [0.2, 0.25) is 0 Å². The second-order valence-corrected chi connectivity index (χ2v) is 6.99. The molecule has 0 amide bonds. The molecule has 3 heteroatoms. The summed E-state index contributed by atoms with van der Waals surface area (Å²) in [5, 5.41) is 0. The number of carbonyl (C=O) groups excluding carboxylic acids is 1. The summed E-state index contributed by atoms with van der Waals surface area (Å²) in [7, 11) is 0. The third-order valence-corrected chi connectivity index (χ3v) is 5.66. The predicted octanol–water partition coefficient (Wildman–Crippen LogP) is 4.10. The summed E-state index contributed by atoms with van der Waals surface area (Å²) in [6, 6.07) is 10.2. The van der Waals surface area contributed by atoms with Gasteiger partial charge in [-0.25, -0.2) is 4.79 Å². The van der Waals surface area contributed by atoms with Gasteiger partial charge in [0.1, 0.15) is 11.7 Å². The van der Waals surface area contributed by atoms with Crippen molar-refractivity contribution in [3.05, 3.63) is 35.9 Å². The molecule has 3 fully saturated rings. The number of benzene rings is 1. The normalized spacial score (nSPS) is 34.7. The average molecular weight is 300 g/mol. The zero-order chi connectivity index (χ0) is 15.0. The van der Waals surface area contributed by atoms with Gasteiger partial charge in [0.05, 0.1) is 0 Å². The van der Waals surface area contributed by atoms with Gasteiger partial charge >= 0.3 is 5.97 Å². The van der Waals surface area contributed by atoms with Crippen molar-refractivity contribution in [1.82, 2.24) is 0 Å². The van der Waals surface area contributed by atoms with Crippen molar-refractivity contribution in [2.45, 2.75) is 75.1 Å². The number of rotatable bonds is 3. The maximum atomic E-state index is 12.9. The van der Waals surface area contributed by atoms with Gasteiger partial charge in [0.2, 0.25) is 0 Å². The number of hydrogen-bond donors (Lipinski definition) is 0. The van der Waals surface area contributed by atoms with Crippen LogP contribution in [-0.4, -0.2) is 17.7 Å². The van der Waals surface area contributed by atoms with Crippen LogP contribution < -0.4 is 0 Å². The van der Waals surface area contributed by atoms with E-state index in [1.807, 2.05) is 18.2 Å². The van der Waals surface area contributed by atoms with E-state index in [9.17, 15) is 4.79 Å². The average Bonchev–Trinajstić information content (AvgIpc) is 3.29. The summed E-state index contributed by atoms with van der Waals surface area (Å²) in [6.45, 7) is 0. The van der Waals surface area contributed by atoms with E-state index >= 15 is 0 Å². The van der Waals surface area contributed by atoms with Crippen molar-refractivity contribution >= 4 is 5.97 Å². The highest BCUT2D eigenvalue weighted by Crippen LogP contribution is 2.64. The molecule has 3 aliphatic rings. The Morgan fingerprint density at radius 1 is 1.00 bits per heavy atom. The first-order valence-electron chi connectivity index (χ1n) is 8.74. The summed E-state index contributed by atoms with van der Waals surface area (Å²) in [5.41, 5.74) is 0.0118. The van der Waals surface area contributed by atoms with Crippen LogP contribution in [0.5, 0.6) is 0 Å². The maximum absolute atomic E-state index is 12.9. The minimum absolute atomic E-state index is 0.107. The molecular formula is C19H24O3. The molecule has 2 saturated carbocycles. The molecule has 0 radical (unpaired) electrons. The largest absolute Gasteiger partial charge is 0.460 e. The summed E-state index contributed by atoms with van der Waals surface area (Å²) in [4.78, 5) is 12.9. The van der Waals surface area contributed by atoms with E-state index in [0.717, 1.165) is 44.1 Å². The van der Waals surface area contributed by atoms with Crippen molar-refractivity contribution in [3.8, 4) is 0 Å². The van der Waals surface area contributed by atoms with Gasteiger partial charge in [0.25, 0.3) is 0 Å². The summed E-state index contributed by atoms with van der Waals surface area (Å²) in [5.74, 6) is -0.108.